The minimum absolute atomic E-state index is 0.127. The summed E-state index contributed by atoms with van der Waals surface area (Å²) < 4.78 is 10.6. The minimum atomic E-state index is -0.360. The van der Waals surface area contributed by atoms with Gasteiger partial charge < -0.3 is 20.5 Å². The first kappa shape index (κ1) is 12.7. The Labute approximate surface area is 106 Å². The Morgan fingerprint density at radius 1 is 1.50 bits per heavy atom. The molecule has 0 bridgehead atoms. The van der Waals surface area contributed by atoms with Crippen LogP contribution in [0.25, 0.3) is 0 Å². The lowest BCUT2D eigenvalue weighted by Crippen LogP contribution is -2.33. The number of nitrogens with one attached hydrogen (secondary N) is 1. The molecule has 98 valence electrons. The number of carbonyl (C=O) groups excluding carboxylic acids is 1. The Bertz CT molecular complexity index is 428. The normalized spacial score (nSPS) is 19.3. The molecule has 18 heavy (non-hydrogen) atoms. The number of anilines is 2. The van der Waals surface area contributed by atoms with Crippen LogP contribution in [-0.2, 0) is 9.53 Å². The molecule has 1 heterocycles. The van der Waals surface area contributed by atoms with E-state index >= 15 is 0 Å². The Kier molecular flexibility index (Phi) is 4.04. The zero-order valence-corrected chi connectivity index (χ0v) is 10.4. The molecule has 2 rings (SSSR count). The van der Waals surface area contributed by atoms with Crippen LogP contribution in [-0.4, -0.2) is 25.7 Å². The third kappa shape index (κ3) is 2.92. The van der Waals surface area contributed by atoms with Crippen molar-refractivity contribution < 1.29 is 14.3 Å². The first-order valence-electron chi connectivity index (χ1n) is 6.06. The quantitative estimate of drug-likeness (QED) is 0.802. The molecule has 1 fully saturated rings. The number of nitrogens with two attached hydrogens (primary N) is 1. The topological polar surface area (TPSA) is 73.6 Å². The van der Waals surface area contributed by atoms with Gasteiger partial charge in [0.15, 0.2) is 0 Å². The molecule has 1 saturated heterocycles. The summed E-state index contributed by atoms with van der Waals surface area (Å²) in [6.07, 6.45) is 2.45. The number of amides is 1. The van der Waals surface area contributed by atoms with E-state index in [4.69, 9.17) is 15.2 Å². The summed E-state index contributed by atoms with van der Waals surface area (Å²) in [5, 5.41) is 2.81. The van der Waals surface area contributed by atoms with Crippen LogP contribution in [0.1, 0.15) is 19.3 Å². The number of methoxy groups -OCH3 is 1. The van der Waals surface area contributed by atoms with Crippen molar-refractivity contribution in [2.75, 3.05) is 24.8 Å². The molecule has 0 aliphatic carbocycles. The largest absolute Gasteiger partial charge is 0.494 e. The van der Waals surface area contributed by atoms with Crippen LogP contribution in [0.15, 0.2) is 18.2 Å². The summed E-state index contributed by atoms with van der Waals surface area (Å²) in [4.78, 5) is 12.0. The van der Waals surface area contributed by atoms with Gasteiger partial charge in [-0.05, 0) is 31.4 Å². The van der Waals surface area contributed by atoms with Crippen LogP contribution >= 0.6 is 0 Å². The van der Waals surface area contributed by atoms with Gasteiger partial charge in [-0.25, -0.2) is 0 Å². The van der Waals surface area contributed by atoms with Crippen molar-refractivity contribution in [3.63, 3.8) is 0 Å². The first-order chi connectivity index (χ1) is 8.70. The summed E-state index contributed by atoms with van der Waals surface area (Å²) in [5.41, 5.74) is 6.87. The van der Waals surface area contributed by atoms with E-state index < -0.39 is 0 Å². The van der Waals surface area contributed by atoms with E-state index in [-0.39, 0.29) is 12.0 Å². The molecule has 1 aliphatic heterocycles. The van der Waals surface area contributed by atoms with E-state index in [0.717, 1.165) is 19.3 Å². The monoisotopic (exact) mass is 250 g/mol. The van der Waals surface area contributed by atoms with E-state index in [2.05, 4.69) is 5.32 Å². The van der Waals surface area contributed by atoms with Crippen LogP contribution in [0.2, 0.25) is 0 Å². The smallest absolute Gasteiger partial charge is 0.253 e. The van der Waals surface area contributed by atoms with Crippen LogP contribution in [0.4, 0.5) is 11.4 Å². The van der Waals surface area contributed by atoms with Gasteiger partial charge in [-0.1, -0.05) is 0 Å². The molecule has 0 spiro atoms. The fourth-order valence-corrected chi connectivity index (χ4v) is 1.97. The van der Waals surface area contributed by atoms with Gasteiger partial charge in [0.25, 0.3) is 5.91 Å². The number of nitrogen functional groups attached to an aromatic ring is 1. The molecule has 0 radical (unpaired) electrons. The SMILES string of the molecule is COc1cc(N)ccc1NC(=O)C1CCCCO1. The molecule has 1 unspecified atom stereocenters. The zero-order valence-electron chi connectivity index (χ0n) is 10.4. The van der Waals surface area contributed by atoms with E-state index in [1.807, 2.05) is 0 Å². The lowest BCUT2D eigenvalue weighted by atomic mass is 10.1. The van der Waals surface area contributed by atoms with Gasteiger partial charge in [-0.2, -0.15) is 0 Å². The molecule has 1 aromatic carbocycles. The molecule has 5 heteroatoms. The predicted molar refractivity (Wildman–Crippen MR) is 69.6 cm³/mol. The summed E-state index contributed by atoms with van der Waals surface area (Å²) in [5.74, 6) is 0.428. The highest BCUT2D eigenvalue weighted by Gasteiger charge is 2.22. The zero-order chi connectivity index (χ0) is 13.0. The van der Waals surface area contributed by atoms with Crippen LogP contribution < -0.4 is 15.8 Å². The average molecular weight is 250 g/mol. The number of carbonyl (C=O) groups is 1. The maximum absolute atomic E-state index is 12.0. The molecule has 0 saturated carbocycles. The Morgan fingerprint density at radius 3 is 3.00 bits per heavy atom. The van der Waals surface area contributed by atoms with Crippen LogP contribution in [0.3, 0.4) is 0 Å². The van der Waals surface area contributed by atoms with Crippen LogP contribution in [0.5, 0.6) is 5.75 Å². The summed E-state index contributed by atoms with van der Waals surface area (Å²) in [6, 6.07) is 5.13. The lowest BCUT2D eigenvalue weighted by molar-refractivity contribution is -0.129. The fourth-order valence-electron chi connectivity index (χ4n) is 1.97. The van der Waals surface area contributed by atoms with Gasteiger partial charge >= 0.3 is 0 Å². The first-order valence-corrected chi connectivity index (χ1v) is 6.06. The third-order valence-electron chi connectivity index (χ3n) is 2.96. The Balaban J connectivity index is 2.06. The van der Waals surface area contributed by atoms with Crippen molar-refractivity contribution in [3.8, 4) is 5.75 Å². The molecular formula is C13H18N2O3. The Hall–Kier alpha value is -1.75. The van der Waals surface area contributed by atoms with Gasteiger partial charge in [0.05, 0.1) is 12.8 Å². The number of hydrogen-bond acceptors (Lipinski definition) is 4. The van der Waals surface area contributed by atoms with E-state index in [1.54, 1.807) is 25.3 Å². The highest BCUT2D eigenvalue weighted by atomic mass is 16.5. The molecule has 1 aliphatic rings. The van der Waals surface area contributed by atoms with Crippen molar-refractivity contribution >= 4 is 17.3 Å². The van der Waals surface area contributed by atoms with Crippen LogP contribution in [0, 0.1) is 0 Å². The van der Waals surface area contributed by atoms with Gasteiger partial charge in [0, 0.05) is 18.4 Å². The standard InChI is InChI=1S/C13H18N2O3/c1-17-12-8-9(14)5-6-10(12)15-13(16)11-4-2-3-7-18-11/h5-6,8,11H,2-4,7,14H2,1H3,(H,15,16). The molecule has 1 atom stereocenters. The molecule has 3 N–H and O–H groups in total. The van der Waals surface area contributed by atoms with Gasteiger partial charge in [0.2, 0.25) is 0 Å². The summed E-state index contributed by atoms with van der Waals surface area (Å²) >= 11 is 0. The number of benzene rings is 1. The van der Waals surface area contributed by atoms with Crippen molar-refractivity contribution in [2.24, 2.45) is 0 Å². The number of rotatable bonds is 3. The molecular weight excluding hydrogens is 232 g/mol. The molecule has 5 nitrogen and oxygen atoms in total. The van der Waals surface area contributed by atoms with E-state index in [0.29, 0.717) is 23.7 Å². The van der Waals surface area contributed by atoms with Gasteiger partial charge in [-0.15, -0.1) is 0 Å². The van der Waals surface area contributed by atoms with Crippen molar-refractivity contribution in [1.29, 1.82) is 0 Å². The summed E-state index contributed by atoms with van der Waals surface area (Å²) in [7, 11) is 1.54. The highest BCUT2D eigenvalue weighted by molar-refractivity contribution is 5.95. The predicted octanol–water partition coefficient (Wildman–Crippen LogP) is 1.78. The second kappa shape index (κ2) is 5.73. The average Bonchev–Trinajstić information content (AvgIpc) is 2.41. The summed E-state index contributed by atoms with van der Waals surface area (Å²) in [6.45, 7) is 0.650. The van der Waals surface area contributed by atoms with Gasteiger partial charge in [-0.3, -0.25) is 4.79 Å². The number of hydrogen-bond donors (Lipinski definition) is 2. The molecule has 0 aromatic heterocycles. The van der Waals surface area contributed by atoms with Crippen molar-refractivity contribution in [1.82, 2.24) is 0 Å². The van der Waals surface area contributed by atoms with E-state index in [1.165, 1.54) is 0 Å². The lowest BCUT2D eigenvalue weighted by Gasteiger charge is -2.22. The van der Waals surface area contributed by atoms with Crippen molar-refractivity contribution in [2.45, 2.75) is 25.4 Å². The maximum Gasteiger partial charge on any atom is 0.253 e. The van der Waals surface area contributed by atoms with Crippen molar-refractivity contribution in [3.05, 3.63) is 18.2 Å². The minimum Gasteiger partial charge on any atom is -0.494 e. The maximum atomic E-state index is 12.0. The Morgan fingerprint density at radius 2 is 2.33 bits per heavy atom. The fraction of sp³-hybridized carbons (Fsp3) is 0.462. The molecule has 1 amide bonds. The number of ether oxygens (including phenoxy) is 2. The second-order valence-electron chi connectivity index (χ2n) is 4.30. The van der Waals surface area contributed by atoms with E-state index in [9.17, 15) is 4.79 Å². The second-order valence-corrected chi connectivity index (χ2v) is 4.30. The third-order valence-corrected chi connectivity index (χ3v) is 2.96. The van der Waals surface area contributed by atoms with Gasteiger partial charge in [0.1, 0.15) is 11.9 Å². The highest BCUT2D eigenvalue weighted by Crippen LogP contribution is 2.27. The molecule has 1 aromatic rings.